The molecule has 2 aliphatic rings. The van der Waals surface area contributed by atoms with Crippen molar-refractivity contribution in [1.29, 1.82) is 0 Å². The molecule has 3 unspecified atom stereocenters. The molecule has 1 N–H and O–H groups in total. The van der Waals surface area contributed by atoms with Crippen molar-refractivity contribution >= 4 is 0 Å². The maximum atomic E-state index is 13.2. The maximum absolute atomic E-state index is 13.2. The number of hydrogen-bond donors (Lipinski definition) is 1. The minimum Gasteiger partial charge on any atom is -0.311 e. The Hall–Kier alpha value is -0.890. The Kier molecular flexibility index (Phi) is 3.62. The number of rotatable bonds is 3. The van der Waals surface area contributed by atoms with Gasteiger partial charge >= 0.3 is 0 Å². The third-order valence-corrected chi connectivity index (χ3v) is 5.37. The summed E-state index contributed by atoms with van der Waals surface area (Å²) < 4.78 is 13.2. The van der Waals surface area contributed by atoms with Crippen molar-refractivity contribution < 1.29 is 4.39 Å². The molecule has 0 aromatic heterocycles. The van der Waals surface area contributed by atoms with Gasteiger partial charge in [0, 0.05) is 12.1 Å². The molecule has 104 valence electrons. The van der Waals surface area contributed by atoms with Crippen LogP contribution in [0.25, 0.3) is 0 Å². The summed E-state index contributed by atoms with van der Waals surface area (Å²) in [5.41, 5.74) is 1.17. The average molecular weight is 261 g/mol. The predicted octanol–water partition coefficient (Wildman–Crippen LogP) is 4.10. The van der Waals surface area contributed by atoms with Gasteiger partial charge in [0.2, 0.25) is 0 Å². The monoisotopic (exact) mass is 261 g/mol. The van der Waals surface area contributed by atoms with E-state index in [1.807, 2.05) is 6.07 Å². The Morgan fingerprint density at radius 1 is 1.16 bits per heavy atom. The van der Waals surface area contributed by atoms with Crippen LogP contribution in [0.2, 0.25) is 0 Å². The van der Waals surface area contributed by atoms with Gasteiger partial charge in [-0.15, -0.1) is 0 Å². The molecule has 1 aromatic rings. The van der Waals surface area contributed by atoms with Gasteiger partial charge < -0.3 is 5.32 Å². The van der Waals surface area contributed by atoms with Gasteiger partial charge in [-0.25, -0.2) is 4.39 Å². The van der Waals surface area contributed by atoms with Crippen molar-refractivity contribution in [3.05, 3.63) is 35.6 Å². The van der Waals surface area contributed by atoms with Gasteiger partial charge in [0.1, 0.15) is 5.82 Å². The highest BCUT2D eigenvalue weighted by molar-refractivity contribution is 5.23. The smallest absolute Gasteiger partial charge is 0.123 e. The third-order valence-electron chi connectivity index (χ3n) is 5.37. The lowest BCUT2D eigenvalue weighted by molar-refractivity contribution is 0.239. The summed E-state index contributed by atoms with van der Waals surface area (Å²) in [6, 6.07) is 8.45. The van der Waals surface area contributed by atoms with E-state index in [0.29, 0.717) is 18.0 Å². The van der Waals surface area contributed by atoms with Crippen molar-refractivity contribution in [2.45, 2.75) is 57.5 Å². The zero-order valence-electron chi connectivity index (χ0n) is 11.9. The molecule has 2 fully saturated rings. The molecule has 0 spiro atoms. The Labute approximate surface area is 115 Å². The molecule has 0 heterocycles. The molecule has 3 atom stereocenters. The first-order valence-corrected chi connectivity index (χ1v) is 7.65. The van der Waals surface area contributed by atoms with Gasteiger partial charge in [-0.3, -0.25) is 0 Å². The van der Waals surface area contributed by atoms with E-state index in [1.165, 1.54) is 37.3 Å². The summed E-state index contributed by atoms with van der Waals surface area (Å²) in [6.45, 7) is 4.74. The topological polar surface area (TPSA) is 12.0 Å². The molecule has 1 aromatic carbocycles. The van der Waals surface area contributed by atoms with E-state index in [0.717, 1.165) is 11.8 Å². The lowest BCUT2D eigenvalue weighted by Gasteiger charge is -2.39. The highest BCUT2D eigenvalue weighted by atomic mass is 19.1. The van der Waals surface area contributed by atoms with Crippen molar-refractivity contribution in [3.8, 4) is 0 Å². The van der Waals surface area contributed by atoms with Gasteiger partial charge in [0.05, 0.1) is 0 Å². The Morgan fingerprint density at radius 2 is 1.95 bits per heavy atom. The number of nitrogens with one attached hydrogen (secondary N) is 1. The molecule has 0 radical (unpaired) electrons. The molecule has 2 saturated carbocycles. The van der Waals surface area contributed by atoms with E-state index >= 15 is 0 Å². The second-order valence-corrected chi connectivity index (χ2v) is 6.61. The van der Waals surface area contributed by atoms with Crippen molar-refractivity contribution in [2.75, 3.05) is 0 Å². The average Bonchev–Trinajstić information content (AvgIpc) is 2.64. The molecule has 2 heteroatoms. The number of hydrogen-bond acceptors (Lipinski definition) is 1. The maximum Gasteiger partial charge on any atom is 0.123 e. The van der Waals surface area contributed by atoms with Gasteiger partial charge in [-0.2, -0.15) is 0 Å². The van der Waals surface area contributed by atoms with Gasteiger partial charge in [0.15, 0.2) is 0 Å². The summed E-state index contributed by atoms with van der Waals surface area (Å²) in [4.78, 5) is 0. The largest absolute Gasteiger partial charge is 0.311 e. The van der Waals surface area contributed by atoms with Crippen LogP contribution in [0.3, 0.4) is 0 Å². The van der Waals surface area contributed by atoms with Crippen LogP contribution in [0.15, 0.2) is 24.3 Å². The molecule has 0 saturated heterocycles. The van der Waals surface area contributed by atoms with Crippen LogP contribution in [0.1, 0.15) is 51.0 Å². The first-order valence-electron chi connectivity index (χ1n) is 7.65. The zero-order chi connectivity index (χ0) is 13.4. The van der Waals surface area contributed by atoms with Crippen LogP contribution in [0.5, 0.6) is 0 Å². The van der Waals surface area contributed by atoms with Crippen LogP contribution >= 0.6 is 0 Å². The fraction of sp³-hybridized carbons (Fsp3) is 0.647. The van der Waals surface area contributed by atoms with Crippen LogP contribution < -0.4 is 5.32 Å². The fourth-order valence-electron chi connectivity index (χ4n) is 3.69. The Balaban J connectivity index is 1.51. The van der Waals surface area contributed by atoms with Crippen LogP contribution in [-0.2, 0) is 0 Å². The summed E-state index contributed by atoms with van der Waals surface area (Å²) in [5, 5.41) is 3.82. The lowest BCUT2D eigenvalue weighted by atomic mass is 9.75. The Bertz CT molecular complexity index is 439. The first kappa shape index (κ1) is 13.1. The van der Waals surface area contributed by atoms with Crippen LogP contribution in [0.4, 0.5) is 4.39 Å². The summed E-state index contributed by atoms with van der Waals surface area (Å²) in [7, 11) is 0. The quantitative estimate of drug-likeness (QED) is 0.864. The standard InChI is InChI=1S/C17H24FN/c1-11-6-7-17(12(11)2)19-16-9-14(10-16)13-4-3-5-15(18)8-13/h3-5,8,11-12,14,16-17,19H,6-7,9-10H2,1-2H3. The van der Waals surface area contributed by atoms with Crippen molar-refractivity contribution in [1.82, 2.24) is 5.32 Å². The van der Waals surface area contributed by atoms with Crippen LogP contribution in [-0.4, -0.2) is 12.1 Å². The molecule has 0 bridgehead atoms. The minimum atomic E-state index is -0.104. The van der Waals surface area contributed by atoms with E-state index in [9.17, 15) is 4.39 Å². The van der Waals surface area contributed by atoms with Crippen molar-refractivity contribution in [3.63, 3.8) is 0 Å². The lowest BCUT2D eigenvalue weighted by Crippen LogP contribution is -2.46. The molecule has 0 amide bonds. The highest BCUT2D eigenvalue weighted by Gasteiger charge is 2.36. The SMILES string of the molecule is CC1CCC(NC2CC(c3cccc(F)c3)C2)C1C. The molecule has 3 rings (SSSR count). The van der Waals surface area contributed by atoms with Crippen LogP contribution in [0, 0.1) is 17.7 Å². The molecule has 1 nitrogen and oxygen atoms in total. The van der Waals surface area contributed by atoms with E-state index in [-0.39, 0.29) is 5.82 Å². The minimum absolute atomic E-state index is 0.104. The summed E-state index contributed by atoms with van der Waals surface area (Å²) >= 11 is 0. The predicted molar refractivity (Wildman–Crippen MR) is 76.6 cm³/mol. The van der Waals surface area contributed by atoms with E-state index in [2.05, 4.69) is 25.2 Å². The summed E-state index contributed by atoms with van der Waals surface area (Å²) in [6.07, 6.45) is 5.02. The first-order chi connectivity index (χ1) is 9.13. The van der Waals surface area contributed by atoms with E-state index < -0.39 is 0 Å². The molecule has 19 heavy (non-hydrogen) atoms. The molecule has 0 aliphatic heterocycles. The zero-order valence-corrected chi connectivity index (χ0v) is 11.9. The van der Waals surface area contributed by atoms with Gasteiger partial charge in [-0.1, -0.05) is 26.0 Å². The van der Waals surface area contributed by atoms with Crippen molar-refractivity contribution in [2.24, 2.45) is 11.8 Å². The number of benzene rings is 1. The summed E-state index contributed by atoms with van der Waals surface area (Å²) in [5.74, 6) is 2.11. The normalized spacial score (nSPS) is 38.2. The molecule has 2 aliphatic carbocycles. The molecular weight excluding hydrogens is 237 g/mol. The fourth-order valence-corrected chi connectivity index (χ4v) is 3.69. The number of halogens is 1. The van der Waals surface area contributed by atoms with Gasteiger partial charge in [0.25, 0.3) is 0 Å². The van der Waals surface area contributed by atoms with E-state index in [1.54, 1.807) is 6.07 Å². The Morgan fingerprint density at radius 3 is 2.58 bits per heavy atom. The second-order valence-electron chi connectivity index (χ2n) is 6.61. The third kappa shape index (κ3) is 2.69. The molecular formula is C17H24FN. The highest BCUT2D eigenvalue weighted by Crippen LogP contribution is 2.39. The second kappa shape index (κ2) is 5.24. The van der Waals surface area contributed by atoms with Gasteiger partial charge in [-0.05, 0) is 61.1 Å². The van der Waals surface area contributed by atoms with E-state index in [4.69, 9.17) is 0 Å².